The minimum absolute atomic E-state index is 0.0159. The number of rotatable bonds is 9. The molecule has 1 unspecified atom stereocenters. The fraction of sp³-hybridized carbons (Fsp3) is 0.370. The molecule has 1 atom stereocenters. The molecule has 1 aliphatic heterocycles. The topological polar surface area (TPSA) is 116 Å². The molecule has 10 heteroatoms. The van der Waals surface area contributed by atoms with E-state index < -0.39 is 0 Å². The summed E-state index contributed by atoms with van der Waals surface area (Å²) < 4.78 is 0. The Morgan fingerprint density at radius 2 is 1.70 bits per heavy atom. The Morgan fingerprint density at radius 1 is 0.892 bits per heavy atom. The van der Waals surface area contributed by atoms with Gasteiger partial charge in [-0.1, -0.05) is 6.07 Å². The number of hydrogen-bond acceptors (Lipinski definition) is 7. The molecule has 192 valence electrons. The van der Waals surface area contributed by atoms with Crippen LogP contribution in [-0.4, -0.2) is 54.1 Å². The molecule has 2 aromatic heterocycles. The standard InChI is InChI=1S/C27H30N6O3S/c34-25(18-7-9-21(10-8-18)30-27(36)19-5-6-19)28-13-14-29-26(35)20-3-1-15-33(17-20)24-12-11-22(31-32-24)23-4-2-16-37-23/h2,4,7-12,16,19-20H,1,3,5-6,13-15,17H2,(H,28,34)(H,29,35)(H,30,36). The zero-order valence-corrected chi connectivity index (χ0v) is 21.3. The van der Waals surface area contributed by atoms with Crippen molar-refractivity contribution >= 4 is 40.6 Å². The van der Waals surface area contributed by atoms with Gasteiger partial charge in [-0.3, -0.25) is 14.4 Å². The minimum Gasteiger partial charge on any atom is -0.354 e. The number of carbonyl (C=O) groups excluding carboxylic acids is 3. The Kier molecular flexibility index (Phi) is 7.74. The van der Waals surface area contributed by atoms with Crippen molar-refractivity contribution in [1.29, 1.82) is 0 Å². The molecular formula is C27H30N6O3S. The number of nitrogens with one attached hydrogen (secondary N) is 3. The maximum Gasteiger partial charge on any atom is 0.251 e. The van der Waals surface area contributed by atoms with E-state index in [1.54, 1.807) is 35.6 Å². The Balaban J connectivity index is 1.04. The zero-order chi connectivity index (χ0) is 25.6. The van der Waals surface area contributed by atoms with Gasteiger partial charge in [0.25, 0.3) is 5.91 Å². The normalized spacial score (nSPS) is 17.2. The van der Waals surface area contributed by atoms with Gasteiger partial charge in [-0.2, -0.15) is 0 Å². The summed E-state index contributed by atoms with van der Waals surface area (Å²) in [7, 11) is 0. The molecule has 3 aromatic rings. The van der Waals surface area contributed by atoms with Gasteiger partial charge in [-0.15, -0.1) is 21.5 Å². The van der Waals surface area contributed by atoms with Crippen LogP contribution in [0.2, 0.25) is 0 Å². The summed E-state index contributed by atoms with van der Waals surface area (Å²) in [6.45, 7) is 2.12. The van der Waals surface area contributed by atoms with Crippen LogP contribution in [0.25, 0.3) is 10.6 Å². The first-order valence-electron chi connectivity index (χ1n) is 12.7. The van der Waals surface area contributed by atoms with Crippen LogP contribution in [0.1, 0.15) is 36.0 Å². The van der Waals surface area contributed by atoms with E-state index in [-0.39, 0.29) is 29.6 Å². The molecule has 0 bridgehead atoms. The molecule has 3 amide bonds. The van der Waals surface area contributed by atoms with Crippen LogP contribution >= 0.6 is 11.3 Å². The fourth-order valence-corrected chi connectivity index (χ4v) is 5.04. The monoisotopic (exact) mass is 518 g/mol. The molecule has 0 spiro atoms. The lowest BCUT2D eigenvalue weighted by Gasteiger charge is -2.32. The van der Waals surface area contributed by atoms with Crippen LogP contribution in [0.3, 0.4) is 0 Å². The molecular weight excluding hydrogens is 488 g/mol. The van der Waals surface area contributed by atoms with Crippen molar-refractivity contribution in [3.63, 3.8) is 0 Å². The van der Waals surface area contributed by atoms with Crippen molar-refractivity contribution in [3.05, 3.63) is 59.5 Å². The smallest absolute Gasteiger partial charge is 0.251 e. The lowest BCUT2D eigenvalue weighted by Crippen LogP contribution is -2.45. The summed E-state index contributed by atoms with van der Waals surface area (Å²) in [5.41, 5.74) is 2.04. The van der Waals surface area contributed by atoms with Crippen LogP contribution in [0.4, 0.5) is 11.5 Å². The van der Waals surface area contributed by atoms with E-state index in [1.807, 2.05) is 29.6 Å². The van der Waals surface area contributed by atoms with Crippen LogP contribution in [0.15, 0.2) is 53.9 Å². The molecule has 9 nitrogen and oxygen atoms in total. The Hall–Kier alpha value is -3.79. The molecule has 5 rings (SSSR count). The van der Waals surface area contributed by atoms with Gasteiger partial charge in [0, 0.05) is 43.3 Å². The number of hydrogen-bond donors (Lipinski definition) is 3. The Bertz CT molecular complexity index is 1230. The Morgan fingerprint density at radius 3 is 2.41 bits per heavy atom. The van der Waals surface area contributed by atoms with E-state index >= 15 is 0 Å². The number of amides is 3. The van der Waals surface area contributed by atoms with E-state index in [0.29, 0.717) is 30.9 Å². The van der Waals surface area contributed by atoms with Gasteiger partial charge in [0.15, 0.2) is 5.82 Å². The molecule has 3 N–H and O–H groups in total. The van der Waals surface area contributed by atoms with E-state index in [4.69, 9.17) is 0 Å². The molecule has 2 aliphatic rings. The van der Waals surface area contributed by atoms with E-state index in [0.717, 1.165) is 48.6 Å². The third-order valence-electron chi connectivity index (χ3n) is 6.61. The van der Waals surface area contributed by atoms with Gasteiger partial charge in [-0.05, 0) is 73.5 Å². The summed E-state index contributed by atoms with van der Waals surface area (Å²) in [5.74, 6) is 0.575. The summed E-state index contributed by atoms with van der Waals surface area (Å²) in [6, 6.07) is 14.8. The summed E-state index contributed by atoms with van der Waals surface area (Å²) >= 11 is 1.63. The summed E-state index contributed by atoms with van der Waals surface area (Å²) in [5, 5.41) is 19.4. The summed E-state index contributed by atoms with van der Waals surface area (Å²) in [4.78, 5) is 40.2. The highest BCUT2D eigenvalue weighted by molar-refractivity contribution is 7.13. The highest BCUT2D eigenvalue weighted by Crippen LogP contribution is 2.30. The quantitative estimate of drug-likeness (QED) is 0.374. The second-order valence-corrected chi connectivity index (χ2v) is 10.4. The lowest BCUT2D eigenvalue weighted by molar-refractivity contribution is -0.125. The largest absolute Gasteiger partial charge is 0.354 e. The van der Waals surface area contributed by atoms with Crippen molar-refractivity contribution in [2.75, 3.05) is 36.4 Å². The van der Waals surface area contributed by atoms with Crippen molar-refractivity contribution in [1.82, 2.24) is 20.8 Å². The molecule has 1 saturated carbocycles. The van der Waals surface area contributed by atoms with Crippen LogP contribution in [0.5, 0.6) is 0 Å². The van der Waals surface area contributed by atoms with Crippen molar-refractivity contribution in [2.24, 2.45) is 11.8 Å². The predicted molar refractivity (Wildman–Crippen MR) is 143 cm³/mol. The average molecular weight is 519 g/mol. The number of nitrogens with zero attached hydrogens (tertiary/aromatic N) is 3. The third-order valence-corrected chi connectivity index (χ3v) is 7.51. The molecule has 0 radical (unpaired) electrons. The van der Waals surface area contributed by atoms with E-state index in [9.17, 15) is 14.4 Å². The molecule has 1 aromatic carbocycles. The number of piperidine rings is 1. The summed E-state index contributed by atoms with van der Waals surface area (Å²) in [6.07, 6.45) is 3.61. The average Bonchev–Trinajstić information content (AvgIpc) is 3.65. The van der Waals surface area contributed by atoms with E-state index in [2.05, 4.69) is 31.0 Å². The second-order valence-electron chi connectivity index (χ2n) is 9.43. The zero-order valence-electron chi connectivity index (χ0n) is 20.5. The molecule has 3 heterocycles. The maximum absolute atomic E-state index is 12.8. The van der Waals surface area contributed by atoms with Crippen LogP contribution in [0, 0.1) is 11.8 Å². The first-order chi connectivity index (χ1) is 18.1. The minimum atomic E-state index is -0.220. The SMILES string of the molecule is O=C(NCCNC(=O)C1CCCN(c2ccc(-c3cccs3)nn2)C1)c1ccc(NC(=O)C2CC2)cc1. The predicted octanol–water partition coefficient (Wildman–Crippen LogP) is 3.32. The number of benzene rings is 1. The van der Waals surface area contributed by atoms with Gasteiger partial charge >= 0.3 is 0 Å². The van der Waals surface area contributed by atoms with Crippen LogP contribution < -0.4 is 20.9 Å². The molecule has 1 aliphatic carbocycles. The number of thiophene rings is 1. The first-order valence-corrected chi connectivity index (χ1v) is 13.5. The maximum atomic E-state index is 12.8. The van der Waals surface area contributed by atoms with Gasteiger partial charge in [-0.25, -0.2) is 0 Å². The van der Waals surface area contributed by atoms with E-state index in [1.165, 1.54) is 0 Å². The van der Waals surface area contributed by atoms with Gasteiger partial charge in [0.1, 0.15) is 5.69 Å². The number of carbonyl (C=O) groups is 3. The second kappa shape index (κ2) is 11.5. The van der Waals surface area contributed by atoms with Gasteiger partial charge in [0.2, 0.25) is 11.8 Å². The lowest BCUT2D eigenvalue weighted by atomic mass is 9.97. The van der Waals surface area contributed by atoms with Crippen LogP contribution in [-0.2, 0) is 9.59 Å². The van der Waals surface area contributed by atoms with Crippen molar-refractivity contribution in [2.45, 2.75) is 25.7 Å². The molecule has 2 fully saturated rings. The molecule has 37 heavy (non-hydrogen) atoms. The van der Waals surface area contributed by atoms with Gasteiger partial charge < -0.3 is 20.9 Å². The van der Waals surface area contributed by atoms with Gasteiger partial charge in [0.05, 0.1) is 10.8 Å². The number of anilines is 2. The Labute approximate surface area is 219 Å². The fourth-order valence-electron chi connectivity index (χ4n) is 4.35. The third kappa shape index (κ3) is 6.51. The highest BCUT2D eigenvalue weighted by Gasteiger charge is 2.29. The number of aromatic nitrogens is 2. The first kappa shape index (κ1) is 24.9. The highest BCUT2D eigenvalue weighted by atomic mass is 32.1. The van der Waals surface area contributed by atoms with Crippen molar-refractivity contribution in [3.8, 4) is 10.6 Å². The van der Waals surface area contributed by atoms with Crippen molar-refractivity contribution < 1.29 is 14.4 Å². The molecule has 1 saturated heterocycles.